The predicted octanol–water partition coefficient (Wildman–Crippen LogP) is 11.9. The minimum atomic E-state index is -0.388. The summed E-state index contributed by atoms with van der Waals surface area (Å²) in [6.45, 7) is 4.36. The molecule has 10 rings (SSSR count). The Kier molecular flexibility index (Phi) is 6.52. The first-order chi connectivity index (χ1) is 24.8. The van der Waals surface area contributed by atoms with Gasteiger partial charge in [0.15, 0.2) is 0 Å². The molecule has 0 aliphatic heterocycles. The third-order valence-corrected chi connectivity index (χ3v) is 11.2. The summed E-state index contributed by atoms with van der Waals surface area (Å²) in [5.41, 5.74) is 13.8. The van der Waals surface area contributed by atoms with E-state index < -0.39 is 0 Å². The molecule has 0 aromatic heterocycles. The normalized spacial score (nSPS) is 14.0. The lowest BCUT2D eigenvalue weighted by Crippen LogP contribution is -2.27. The summed E-state index contributed by atoms with van der Waals surface area (Å²) in [7, 11) is 0. The number of rotatable bonds is 7. The molecule has 8 aromatic rings. The van der Waals surface area contributed by atoms with Gasteiger partial charge in [-0.15, -0.1) is 6.58 Å². The van der Waals surface area contributed by atoms with E-state index in [1.54, 1.807) is 0 Å². The first-order valence-electron chi connectivity index (χ1n) is 17.5. The van der Waals surface area contributed by atoms with Gasteiger partial charge in [0.05, 0.1) is 17.5 Å². The molecule has 0 amide bonds. The molecule has 1 atom stereocenters. The van der Waals surface area contributed by atoms with Crippen molar-refractivity contribution in [3.8, 4) is 22.3 Å². The highest BCUT2D eigenvalue weighted by molar-refractivity contribution is 6.17. The van der Waals surface area contributed by atoms with Gasteiger partial charge in [0.25, 0.3) is 0 Å². The molecule has 1 spiro atoms. The molecule has 50 heavy (non-hydrogen) atoms. The zero-order valence-electron chi connectivity index (χ0n) is 27.7. The van der Waals surface area contributed by atoms with Crippen molar-refractivity contribution in [2.75, 3.05) is 0 Å². The van der Waals surface area contributed by atoms with Crippen molar-refractivity contribution in [1.82, 2.24) is 5.32 Å². The molecule has 1 N–H and O–H groups in total. The Morgan fingerprint density at radius 1 is 0.460 bits per heavy atom. The summed E-state index contributed by atoms with van der Waals surface area (Å²) in [5.74, 6) is 0. The van der Waals surface area contributed by atoms with Crippen LogP contribution in [-0.4, -0.2) is 0 Å². The Morgan fingerprint density at radius 2 is 1.00 bits per heavy atom. The zero-order valence-corrected chi connectivity index (χ0v) is 27.7. The van der Waals surface area contributed by atoms with E-state index >= 15 is 0 Å². The lowest BCUT2D eigenvalue weighted by Gasteiger charge is -2.31. The number of fused-ring (bicyclic) bond motifs is 7. The summed E-state index contributed by atoms with van der Waals surface area (Å²) < 4.78 is 0. The van der Waals surface area contributed by atoms with E-state index in [1.807, 2.05) is 0 Å². The van der Waals surface area contributed by atoms with Crippen molar-refractivity contribution in [2.45, 2.75) is 17.5 Å². The Bertz CT molecular complexity index is 2500. The van der Waals surface area contributed by atoms with E-state index in [2.05, 4.69) is 194 Å². The average Bonchev–Trinajstić information content (AvgIpc) is 3.66. The fourth-order valence-corrected chi connectivity index (χ4v) is 9.12. The number of hydrogen-bond donors (Lipinski definition) is 1. The van der Waals surface area contributed by atoms with Crippen LogP contribution in [0.3, 0.4) is 0 Å². The number of nitrogens with one attached hydrogen (secondary N) is 1. The van der Waals surface area contributed by atoms with Crippen LogP contribution in [0.5, 0.6) is 0 Å². The van der Waals surface area contributed by atoms with Crippen LogP contribution in [0.15, 0.2) is 189 Å². The molecule has 1 nitrogen and oxygen atoms in total. The molecule has 2 aliphatic carbocycles. The van der Waals surface area contributed by atoms with Crippen LogP contribution in [-0.2, 0) is 5.41 Å². The summed E-state index contributed by atoms with van der Waals surface area (Å²) in [6, 6.07) is 64.8. The molecule has 0 bridgehead atoms. The van der Waals surface area contributed by atoms with Gasteiger partial charge in [0, 0.05) is 0 Å². The second-order valence-corrected chi connectivity index (χ2v) is 13.7. The molecule has 8 aromatic carbocycles. The Hall–Kier alpha value is -6.02. The van der Waals surface area contributed by atoms with Crippen LogP contribution in [0.25, 0.3) is 43.8 Å². The van der Waals surface area contributed by atoms with Gasteiger partial charge in [-0.1, -0.05) is 176 Å². The average molecular weight is 638 g/mol. The molecule has 0 saturated carbocycles. The van der Waals surface area contributed by atoms with E-state index in [0.29, 0.717) is 0 Å². The monoisotopic (exact) mass is 637 g/mol. The van der Waals surface area contributed by atoms with Crippen LogP contribution in [0.4, 0.5) is 0 Å². The number of hydrogen-bond acceptors (Lipinski definition) is 1. The van der Waals surface area contributed by atoms with Gasteiger partial charge >= 0.3 is 0 Å². The van der Waals surface area contributed by atoms with E-state index in [-0.39, 0.29) is 17.5 Å². The molecule has 0 radical (unpaired) electrons. The third-order valence-electron chi connectivity index (χ3n) is 11.2. The van der Waals surface area contributed by atoms with Crippen molar-refractivity contribution in [1.29, 1.82) is 0 Å². The van der Waals surface area contributed by atoms with Crippen LogP contribution in [0.1, 0.15) is 51.0 Å². The van der Waals surface area contributed by atoms with Gasteiger partial charge in [-0.05, 0) is 88.8 Å². The van der Waals surface area contributed by atoms with Gasteiger partial charge < -0.3 is 0 Å². The van der Waals surface area contributed by atoms with Gasteiger partial charge in [-0.3, -0.25) is 5.32 Å². The van der Waals surface area contributed by atoms with Gasteiger partial charge in [-0.25, -0.2) is 0 Å². The molecule has 0 fully saturated rings. The molecule has 236 valence electrons. The molecule has 2 aliphatic rings. The van der Waals surface area contributed by atoms with E-state index in [9.17, 15) is 0 Å². The first-order valence-corrected chi connectivity index (χ1v) is 17.5. The molecule has 0 saturated heterocycles. The third kappa shape index (κ3) is 4.05. The van der Waals surface area contributed by atoms with Crippen molar-refractivity contribution in [3.05, 3.63) is 228 Å². The highest BCUT2D eigenvalue weighted by Gasteiger charge is 2.50. The molecule has 0 heterocycles. The van der Waals surface area contributed by atoms with Crippen molar-refractivity contribution in [3.63, 3.8) is 0 Å². The fourth-order valence-electron chi connectivity index (χ4n) is 9.12. The summed E-state index contributed by atoms with van der Waals surface area (Å²) in [6.07, 6.45) is 2.05. The van der Waals surface area contributed by atoms with E-state index in [4.69, 9.17) is 0 Å². The smallest absolute Gasteiger partial charge is 0.0726 e. The molecule has 1 unspecified atom stereocenters. The van der Waals surface area contributed by atoms with Gasteiger partial charge in [0.1, 0.15) is 0 Å². The minimum absolute atomic E-state index is 0.00390. The van der Waals surface area contributed by atoms with E-state index in [0.717, 1.165) is 0 Å². The Morgan fingerprint density at radius 3 is 1.64 bits per heavy atom. The van der Waals surface area contributed by atoms with Crippen molar-refractivity contribution < 1.29 is 0 Å². The lowest BCUT2D eigenvalue weighted by atomic mass is 9.69. The number of benzene rings is 8. The maximum Gasteiger partial charge on any atom is 0.0726 e. The first kappa shape index (κ1) is 28.9. The SMILES string of the molecule is C=CC(NC(c1ccccc1)c1ccccc1)c1ccccc1-c1ccc2c(c1)C1(c3ccccc3-2)c2cccc3ccc4cccc1c4c23. The predicted molar refractivity (Wildman–Crippen MR) is 209 cm³/mol. The topological polar surface area (TPSA) is 12.0 Å². The lowest BCUT2D eigenvalue weighted by molar-refractivity contribution is 0.553. The van der Waals surface area contributed by atoms with Crippen molar-refractivity contribution in [2.24, 2.45) is 0 Å². The summed E-state index contributed by atoms with van der Waals surface area (Å²) in [4.78, 5) is 0. The molecular weight excluding hydrogens is 603 g/mol. The zero-order chi connectivity index (χ0) is 33.2. The standard InChI is InChI=1S/C49H35N/c1-2-45(50-48(34-15-5-3-6-16-34)35-17-7-4-8-18-35)40-23-10-9-21-37(40)36-29-30-39-38-22-11-12-24-41(38)49(44(39)31-36)42-25-13-19-32-27-28-33-20-14-26-43(49)47(33)46(32)42/h2-31,45,48,50H,1H2. The Balaban J connectivity index is 1.16. The highest BCUT2D eigenvalue weighted by atomic mass is 14.9. The largest absolute Gasteiger partial charge is 0.296 e. The van der Waals surface area contributed by atoms with Crippen LogP contribution in [0, 0.1) is 0 Å². The highest BCUT2D eigenvalue weighted by Crippen LogP contribution is 2.62. The quantitative estimate of drug-likeness (QED) is 0.135. The van der Waals surface area contributed by atoms with Crippen LogP contribution in [0.2, 0.25) is 0 Å². The molecular formula is C49H35N. The van der Waals surface area contributed by atoms with Crippen LogP contribution >= 0.6 is 0 Å². The maximum absolute atomic E-state index is 4.36. The summed E-state index contributed by atoms with van der Waals surface area (Å²) >= 11 is 0. The summed E-state index contributed by atoms with van der Waals surface area (Å²) in [5, 5.41) is 9.38. The minimum Gasteiger partial charge on any atom is -0.296 e. The second-order valence-electron chi connectivity index (χ2n) is 13.7. The van der Waals surface area contributed by atoms with Gasteiger partial charge in [-0.2, -0.15) is 0 Å². The fraction of sp³-hybridized carbons (Fsp3) is 0.0612. The second kappa shape index (κ2) is 11.3. The maximum atomic E-state index is 4.36. The van der Waals surface area contributed by atoms with Gasteiger partial charge in [0.2, 0.25) is 0 Å². The Labute approximate surface area is 293 Å². The van der Waals surface area contributed by atoms with Crippen LogP contribution < -0.4 is 5.32 Å². The van der Waals surface area contributed by atoms with Crippen molar-refractivity contribution >= 4 is 21.5 Å². The van der Waals surface area contributed by atoms with E-state index in [1.165, 1.54) is 82.7 Å². The molecule has 1 heteroatoms.